The molecule has 0 spiro atoms. The molecule has 0 saturated heterocycles. The fourth-order valence-corrected chi connectivity index (χ4v) is 3.86. The number of fused-ring (bicyclic) bond motifs is 1. The summed E-state index contributed by atoms with van der Waals surface area (Å²) in [5.41, 5.74) is 5.46. The number of para-hydroxylation sites is 1. The molecular weight excluding hydrogens is 398 g/mol. The summed E-state index contributed by atoms with van der Waals surface area (Å²) in [6, 6.07) is 28.8. The van der Waals surface area contributed by atoms with Gasteiger partial charge >= 0.3 is 0 Å². The molecule has 158 valence electrons. The van der Waals surface area contributed by atoms with Gasteiger partial charge in [-0.3, -0.25) is 0 Å². The molecule has 2 aromatic heterocycles. The van der Waals surface area contributed by atoms with E-state index in [-0.39, 0.29) is 0 Å². The predicted octanol–water partition coefficient (Wildman–Crippen LogP) is 5.17. The van der Waals surface area contributed by atoms with Crippen molar-refractivity contribution in [3.05, 3.63) is 102 Å². The molecule has 32 heavy (non-hydrogen) atoms. The van der Waals surface area contributed by atoms with Crippen LogP contribution < -0.4 is 4.74 Å². The zero-order valence-corrected chi connectivity index (χ0v) is 17.6. The van der Waals surface area contributed by atoms with Crippen LogP contribution in [0.1, 0.15) is 23.2 Å². The Morgan fingerprint density at radius 2 is 1.72 bits per heavy atom. The molecule has 0 aliphatic rings. The van der Waals surface area contributed by atoms with Crippen LogP contribution >= 0.6 is 0 Å². The van der Waals surface area contributed by atoms with E-state index in [1.165, 1.54) is 11.1 Å². The molecule has 0 aliphatic heterocycles. The monoisotopic (exact) mass is 421 g/mol. The highest BCUT2D eigenvalue weighted by Crippen LogP contribution is 2.22. The highest BCUT2D eigenvalue weighted by Gasteiger charge is 2.08. The Morgan fingerprint density at radius 3 is 2.66 bits per heavy atom. The van der Waals surface area contributed by atoms with Crippen molar-refractivity contribution in [2.24, 2.45) is 0 Å². The average Bonchev–Trinajstić information content (AvgIpc) is 3.38. The van der Waals surface area contributed by atoms with Gasteiger partial charge in [-0.15, -0.1) is 5.10 Å². The van der Waals surface area contributed by atoms with Gasteiger partial charge in [-0.1, -0.05) is 60.7 Å². The number of hydrogen-bond donors (Lipinski definition) is 1. The number of nitrogens with one attached hydrogen (secondary N) is 1. The summed E-state index contributed by atoms with van der Waals surface area (Å²) < 4.78 is 6.03. The maximum Gasteiger partial charge on any atom is 0.179 e. The molecule has 6 nitrogen and oxygen atoms in total. The highest BCUT2D eigenvalue weighted by molar-refractivity contribution is 5.78. The molecular formula is C26H23N5O. The number of H-pyrrole nitrogens is 1. The fraction of sp³-hybridized carbons (Fsp3) is 0.154. The maximum absolute atomic E-state index is 6.03. The minimum Gasteiger partial charge on any atom is -0.487 e. The molecule has 0 atom stereocenters. The van der Waals surface area contributed by atoms with Crippen LogP contribution in [0, 0.1) is 0 Å². The normalized spacial score (nSPS) is 11.0. The Morgan fingerprint density at radius 1 is 0.812 bits per heavy atom. The molecule has 5 aromatic rings. The summed E-state index contributed by atoms with van der Waals surface area (Å²) in [6.07, 6.45) is 2.94. The van der Waals surface area contributed by atoms with Gasteiger partial charge in [0.25, 0.3) is 0 Å². The van der Waals surface area contributed by atoms with Crippen molar-refractivity contribution in [2.75, 3.05) is 0 Å². The predicted molar refractivity (Wildman–Crippen MR) is 124 cm³/mol. The molecule has 5 rings (SSSR count). The molecule has 0 bridgehead atoms. The molecule has 0 fully saturated rings. The SMILES string of the molecule is c1cc(CCCc2ccccc2-c2nnn[nH]2)cc(OCc2ccc3ccccc3n2)c1. The van der Waals surface area contributed by atoms with E-state index >= 15 is 0 Å². The average molecular weight is 422 g/mol. The van der Waals surface area contributed by atoms with Crippen molar-refractivity contribution in [1.82, 2.24) is 25.6 Å². The topological polar surface area (TPSA) is 76.6 Å². The number of aryl methyl sites for hydroxylation is 2. The summed E-state index contributed by atoms with van der Waals surface area (Å²) in [6.45, 7) is 0.451. The van der Waals surface area contributed by atoms with Crippen LogP contribution in [-0.4, -0.2) is 25.6 Å². The number of tetrazole rings is 1. The fourth-order valence-electron chi connectivity index (χ4n) is 3.86. The Hall–Kier alpha value is -4.06. The summed E-state index contributed by atoms with van der Waals surface area (Å²) in [5.74, 6) is 1.57. The van der Waals surface area contributed by atoms with Crippen LogP contribution in [-0.2, 0) is 19.4 Å². The van der Waals surface area contributed by atoms with Crippen LogP contribution in [0.15, 0.2) is 84.9 Å². The second kappa shape index (κ2) is 9.39. The van der Waals surface area contributed by atoms with Crippen molar-refractivity contribution in [3.8, 4) is 17.1 Å². The Balaban J connectivity index is 1.19. The van der Waals surface area contributed by atoms with Gasteiger partial charge < -0.3 is 4.74 Å². The minimum absolute atomic E-state index is 0.451. The van der Waals surface area contributed by atoms with E-state index in [4.69, 9.17) is 4.74 Å². The van der Waals surface area contributed by atoms with Crippen LogP contribution in [0.25, 0.3) is 22.3 Å². The smallest absolute Gasteiger partial charge is 0.179 e. The number of benzene rings is 3. The third-order valence-corrected chi connectivity index (χ3v) is 5.47. The zero-order chi connectivity index (χ0) is 21.6. The van der Waals surface area contributed by atoms with Crippen LogP contribution in [0.5, 0.6) is 5.75 Å². The molecule has 2 heterocycles. The lowest BCUT2D eigenvalue weighted by molar-refractivity contribution is 0.301. The largest absolute Gasteiger partial charge is 0.487 e. The lowest BCUT2D eigenvalue weighted by Gasteiger charge is -2.09. The van der Waals surface area contributed by atoms with E-state index in [0.717, 1.165) is 47.2 Å². The number of aromatic amines is 1. The van der Waals surface area contributed by atoms with Gasteiger partial charge in [-0.2, -0.15) is 0 Å². The van der Waals surface area contributed by atoms with Crippen molar-refractivity contribution < 1.29 is 4.74 Å². The van der Waals surface area contributed by atoms with Crippen LogP contribution in [0.2, 0.25) is 0 Å². The molecule has 3 aromatic carbocycles. The third kappa shape index (κ3) is 4.64. The first kappa shape index (κ1) is 19.9. The Bertz CT molecular complexity index is 1320. The molecule has 0 amide bonds. The van der Waals surface area contributed by atoms with E-state index in [1.54, 1.807) is 0 Å². The third-order valence-electron chi connectivity index (χ3n) is 5.47. The minimum atomic E-state index is 0.451. The van der Waals surface area contributed by atoms with Crippen molar-refractivity contribution in [1.29, 1.82) is 0 Å². The first-order valence-corrected chi connectivity index (χ1v) is 10.7. The number of hydrogen-bond acceptors (Lipinski definition) is 5. The second-order valence-corrected chi connectivity index (χ2v) is 7.69. The summed E-state index contributed by atoms with van der Waals surface area (Å²) in [5, 5.41) is 15.4. The van der Waals surface area contributed by atoms with Gasteiger partial charge in [-0.25, -0.2) is 10.1 Å². The summed E-state index contributed by atoms with van der Waals surface area (Å²) in [4.78, 5) is 4.68. The van der Waals surface area contributed by atoms with Crippen molar-refractivity contribution >= 4 is 10.9 Å². The maximum atomic E-state index is 6.03. The first-order valence-electron chi connectivity index (χ1n) is 10.7. The summed E-state index contributed by atoms with van der Waals surface area (Å²) >= 11 is 0. The van der Waals surface area contributed by atoms with Gasteiger partial charge in [0.05, 0.1) is 11.2 Å². The van der Waals surface area contributed by atoms with E-state index in [0.29, 0.717) is 12.4 Å². The van der Waals surface area contributed by atoms with Gasteiger partial charge in [0.1, 0.15) is 12.4 Å². The number of ether oxygens (including phenoxy) is 1. The van der Waals surface area contributed by atoms with Crippen LogP contribution in [0.3, 0.4) is 0 Å². The first-order chi connectivity index (χ1) is 15.8. The number of rotatable bonds is 8. The standard InChI is InChI=1S/C26H23N5O/c1-3-13-24(26-28-30-31-29-26)20(9-1)11-5-7-19-8-6-12-23(17-19)32-18-22-16-15-21-10-2-4-14-25(21)27-22/h1-4,6,8-10,12-17H,5,7,11,18H2,(H,28,29,30,31). The van der Waals surface area contributed by atoms with E-state index in [1.807, 2.05) is 48.5 Å². The van der Waals surface area contributed by atoms with Crippen molar-refractivity contribution in [2.45, 2.75) is 25.9 Å². The van der Waals surface area contributed by atoms with E-state index < -0.39 is 0 Å². The number of nitrogens with zero attached hydrogens (tertiary/aromatic N) is 4. The quantitative estimate of drug-likeness (QED) is 0.374. The highest BCUT2D eigenvalue weighted by atomic mass is 16.5. The lowest BCUT2D eigenvalue weighted by atomic mass is 9.99. The number of pyridine rings is 1. The van der Waals surface area contributed by atoms with Gasteiger partial charge in [-0.05, 0) is 65.1 Å². The summed E-state index contributed by atoms with van der Waals surface area (Å²) in [7, 11) is 0. The van der Waals surface area contributed by atoms with Gasteiger partial charge in [0.2, 0.25) is 0 Å². The molecule has 6 heteroatoms. The second-order valence-electron chi connectivity index (χ2n) is 7.69. The van der Waals surface area contributed by atoms with Crippen molar-refractivity contribution in [3.63, 3.8) is 0 Å². The zero-order valence-electron chi connectivity index (χ0n) is 17.6. The van der Waals surface area contributed by atoms with Gasteiger partial charge in [0, 0.05) is 10.9 Å². The molecule has 0 unspecified atom stereocenters. The Labute approximate surface area is 186 Å². The number of aromatic nitrogens is 5. The van der Waals surface area contributed by atoms with Crippen LogP contribution in [0.4, 0.5) is 0 Å². The van der Waals surface area contributed by atoms with Gasteiger partial charge in [0.15, 0.2) is 5.82 Å². The van der Waals surface area contributed by atoms with E-state index in [9.17, 15) is 0 Å². The Kier molecular flexibility index (Phi) is 5.83. The molecule has 1 N–H and O–H groups in total. The molecule has 0 saturated carbocycles. The lowest BCUT2D eigenvalue weighted by Crippen LogP contribution is -1.99. The molecule has 0 aliphatic carbocycles. The van der Waals surface area contributed by atoms with E-state index in [2.05, 4.69) is 62.0 Å². The molecule has 0 radical (unpaired) electrons.